The van der Waals surface area contributed by atoms with Crippen molar-refractivity contribution in [2.75, 3.05) is 20.1 Å². The van der Waals surface area contributed by atoms with Gasteiger partial charge in [0, 0.05) is 28.1 Å². The summed E-state index contributed by atoms with van der Waals surface area (Å²) < 4.78 is 2.21. The Kier molecular flexibility index (Phi) is 6.42. The molecule has 0 radical (unpaired) electrons. The SMILES string of the molecule is CN(CCc1cccc(Br)c1)CC(N)c1cccc(Br)c1. The Bertz CT molecular complexity index is 587. The molecule has 112 valence electrons. The van der Waals surface area contributed by atoms with Gasteiger partial charge in [0.05, 0.1) is 0 Å². The molecule has 0 aliphatic heterocycles. The molecule has 0 amide bonds. The first kappa shape index (κ1) is 16.7. The van der Waals surface area contributed by atoms with Gasteiger partial charge in [0.2, 0.25) is 0 Å². The van der Waals surface area contributed by atoms with Gasteiger partial charge in [-0.2, -0.15) is 0 Å². The number of hydrogen-bond acceptors (Lipinski definition) is 2. The molecule has 0 spiro atoms. The van der Waals surface area contributed by atoms with Gasteiger partial charge in [-0.15, -0.1) is 0 Å². The summed E-state index contributed by atoms with van der Waals surface area (Å²) in [7, 11) is 2.12. The Hall–Kier alpha value is -0.680. The maximum absolute atomic E-state index is 6.29. The van der Waals surface area contributed by atoms with Gasteiger partial charge in [-0.1, -0.05) is 56.1 Å². The van der Waals surface area contributed by atoms with Crippen molar-refractivity contribution in [1.82, 2.24) is 4.90 Å². The van der Waals surface area contributed by atoms with Crippen molar-refractivity contribution in [2.45, 2.75) is 12.5 Å². The quantitative estimate of drug-likeness (QED) is 0.763. The van der Waals surface area contributed by atoms with Gasteiger partial charge in [-0.25, -0.2) is 0 Å². The minimum Gasteiger partial charge on any atom is -0.323 e. The summed E-state index contributed by atoms with van der Waals surface area (Å²) in [6.45, 7) is 1.85. The number of benzene rings is 2. The van der Waals surface area contributed by atoms with Crippen LogP contribution in [0.1, 0.15) is 17.2 Å². The number of halogens is 2. The van der Waals surface area contributed by atoms with Crippen LogP contribution in [0.3, 0.4) is 0 Å². The average Bonchev–Trinajstić information content (AvgIpc) is 2.45. The molecule has 2 N–H and O–H groups in total. The first-order valence-corrected chi connectivity index (χ1v) is 8.57. The Balaban J connectivity index is 1.85. The zero-order chi connectivity index (χ0) is 15.2. The number of likely N-dealkylation sites (N-methyl/N-ethyl adjacent to an activating group) is 1. The van der Waals surface area contributed by atoms with E-state index in [0.717, 1.165) is 28.5 Å². The molecule has 2 nitrogen and oxygen atoms in total. The van der Waals surface area contributed by atoms with Crippen LogP contribution in [0.4, 0.5) is 0 Å². The number of nitrogens with zero attached hydrogens (tertiary/aromatic N) is 1. The molecule has 21 heavy (non-hydrogen) atoms. The van der Waals surface area contributed by atoms with Gasteiger partial charge >= 0.3 is 0 Å². The van der Waals surface area contributed by atoms with E-state index in [2.05, 4.69) is 80.2 Å². The minimum absolute atomic E-state index is 0.0370. The normalized spacial score (nSPS) is 12.6. The molecular weight excluding hydrogens is 392 g/mol. The fraction of sp³-hybridized carbons (Fsp3) is 0.294. The molecule has 0 fully saturated rings. The summed E-state index contributed by atoms with van der Waals surface area (Å²) in [5, 5.41) is 0. The van der Waals surface area contributed by atoms with Crippen LogP contribution in [0.5, 0.6) is 0 Å². The Morgan fingerprint density at radius 1 is 1.05 bits per heavy atom. The van der Waals surface area contributed by atoms with E-state index in [4.69, 9.17) is 5.73 Å². The molecule has 0 aliphatic rings. The van der Waals surface area contributed by atoms with E-state index in [1.54, 1.807) is 0 Å². The summed E-state index contributed by atoms with van der Waals surface area (Å²) in [4.78, 5) is 2.28. The Morgan fingerprint density at radius 2 is 1.71 bits per heavy atom. The minimum atomic E-state index is 0.0370. The van der Waals surface area contributed by atoms with Crippen molar-refractivity contribution < 1.29 is 0 Å². The highest BCUT2D eigenvalue weighted by Crippen LogP contribution is 2.17. The third-order valence-corrected chi connectivity index (χ3v) is 4.44. The molecule has 0 aromatic heterocycles. The smallest absolute Gasteiger partial charge is 0.0424 e. The van der Waals surface area contributed by atoms with E-state index < -0.39 is 0 Å². The number of hydrogen-bond donors (Lipinski definition) is 1. The lowest BCUT2D eigenvalue weighted by Gasteiger charge is -2.21. The predicted molar refractivity (Wildman–Crippen MR) is 96.4 cm³/mol. The first-order valence-electron chi connectivity index (χ1n) is 6.98. The topological polar surface area (TPSA) is 29.3 Å². The molecule has 2 aromatic carbocycles. The van der Waals surface area contributed by atoms with Gasteiger partial charge in [0.25, 0.3) is 0 Å². The van der Waals surface area contributed by atoms with Gasteiger partial charge in [-0.05, 0) is 48.9 Å². The maximum Gasteiger partial charge on any atom is 0.0424 e. The molecule has 0 saturated carbocycles. The zero-order valence-electron chi connectivity index (χ0n) is 12.1. The van der Waals surface area contributed by atoms with E-state index in [1.165, 1.54) is 11.1 Å². The van der Waals surface area contributed by atoms with Crippen LogP contribution < -0.4 is 5.73 Å². The lowest BCUT2D eigenvalue weighted by atomic mass is 10.1. The summed E-state index contributed by atoms with van der Waals surface area (Å²) >= 11 is 7.00. The lowest BCUT2D eigenvalue weighted by molar-refractivity contribution is 0.316. The van der Waals surface area contributed by atoms with Crippen molar-refractivity contribution in [3.05, 3.63) is 68.6 Å². The number of nitrogens with two attached hydrogens (primary N) is 1. The predicted octanol–water partition coefficient (Wildman–Crippen LogP) is 4.39. The maximum atomic E-state index is 6.29. The highest BCUT2D eigenvalue weighted by Gasteiger charge is 2.09. The third kappa shape index (κ3) is 5.55. The van der Waals surface area contributed by atoms with Crippen LogP contribution in [0.2, 0.25) is 0 Å². The Labute approximate surface area is 143 Å². The second-order valence-corrected chi connectivity index (χ2v) is 7.14. The van der Waals surface area contributed by atoms with E-state index in [9.17, 15) is 0 Å². The van der Waals surface area contributed by atoms with Gasteiger partial charge in [0.15, 0.2) is 0 Å². The standard InChI is InChI=1S/C17H20Br2N2/c1-21(9-8-13-4-2-6-15(18)10-13)12-17(20)14-5-3-7-16(19)11-14/h2-7,10-11,17H,8-9,12,20H2,1H3. The molecule has 4 heteroatoms. The highest BCUT2D eigenvalue weighted by molar-refractivity contribution is 9.10. The van der Waals surface area contributed by atoms with Crippen LogP contribution >= 0.6 is 31.9 Å². The van der Waals surface area contributed by atoms with Crippen molar-refractivity contribution in [1.29, 1.82) is 0 Å². The van der Waals surface area contributed by atoms with Crippen molar-refractivity contribution >= 4 is 31.9 Å². The second-order valence-electron chi connectivity index (χ2n) is 5.30. The molecular formula is C17H20Br2N2. The van der Waals surface area contributed by atoms with Gasteiger partial charge in [-0.3, -0.25) is 0 Å². The molecule has 0 aliphatic carbocycles. The zero-order valence-corrected chi connectivity index (χ0v) is 15.3. The Morgan fingerprint density at radius 3 is 2.38 bits per heavy atom. The average molecular weight is 412 g/mol. The van der Waals surface area contributed by atoms with Crippen molar-refractivity contribution in [3.8, 4) is 0 Å². The largest absolute Gasteiger partial charge is 0.323 e. The highest BCUT2D eigenvalue weighted by atomic mass is 79.9. The molecule has 2 rings (SSSR count). The van der Waals surface area contributed by atoms with Crippen LogP contribution in [0, 0.1) is 0 Å². The molecule has 0 saturated heterocycles. The third-order valence-electron chi connectivity index (χ3n) is 3.46. The molecule has 0 bridgehead atoms. The van der Waals surface area contributed by atoms with Crippen LogP contribution in [-0.4, -0.2) is 25.0 Å². The number of rotatable bonds is 6. The monoisotopic (exact) mass is 410 g/mol. The summed E-state index contributed by atoms with van der Waals surface area (Å²) in [6.07, 6.45) is 1.03. The van der Waals surface area contributed by atoms with Gasteiger partial charge < -0.3 is 10.6 Å². The lowest BCUT2D eigenvalue weighted by Crippen LogP contribution is -2.30. The molecule has 1 atom stereocenters. The van der Waals surface area contributed by atoms with E-state index in [-0.39, 0.29) is 6.04 Å². The van der Waals surface area contributed by atoms with E-state index in [1.807, 2.05) is 12.1 Å². The van der Waals surface area contributed by atoms with Crippen molar-refractivity contribution in [2.24, 2.45) is 5.73 Å². The summed E-state index contributed by atoms with van der Waals surface area (Å²) in [5.41, 5.74) is 8.79. The van der Waals surface area contributed by atoms with E-state index in [0.29, 0.717) is 0 Å². The first-order chi connectivity index (χ1) is 10.0. The van der Waals surface area contributed by atoms with Gasteiger partial charge in [0.1, 0.15) is 0 Å². The summed E-state index contributed by atoms with van der Waals surface area (Å²) in [6, 6.07) is 16.7. The van der Waals surface area contributed by atoms with Crippen LogP contribution in [0.15, 0.2) is 57.5 Å². The van der Waals surface area contributed by atoms with E-state index >= 15 is 0 Å². The summed E-state index contributed by atoms with van der Waals surface area (Å²) in [5.74, 6) is 0. The molecule has 1 unspecified atom stereocenters. The molecule has 2 aromatic rings. The van der Waals surface area contributed by atoms with Crippen LogP contribution in [0.25, 0.3) is 0 Å². The molecule has 0 heterocycles. The fourth-order valence-electron chi connectivity index (χ4n) is 2.28. The van der Waals surface area contributed by atoms with Crippen LogP contribution in [-0.2, 0) is 6.42 Å². The second kappa shape index (κ2) is 8.08. The van der Waals surface area contributed by atoms with Crippen molar-refractivity contribution in [3.63, 3.8) is 0 Å². The fourth-order valence-corrected chi connectivity index (χ4v) is 3.15.